The molecule has 0 aromatic heterocycles. The lowest BCUT2D eigenvalue weighted by Gasteiger charge is -2.39. The van der Waals surface area contributed by atoms with Crippen molar-refractivity contribution in [3.8, 4) is 0 Å². The van der Waals surface area contributed by atoms with E-state index in [1.54, 1.807) is 6.07 Å². The number of hydrogen-bond donors (Lipinski definition) is 1. The van der Waals surface area contributed by atoms with Crippen LogP contribution in [0, 0.1) is 11.7 Å². The molecule has 1 aliphatic heterocycles. The van der Waals surface area contributed by atoms with Crippen LogP contribution in [0.15, 0.2) is 18.2 Å². The summed E-state index contributed by atoms with van der Waals surface area (Å²) >= 11 is 0. The van der Waals surface area contributed by atoms with Crippen LogP contribution in [0.25, 0.3) is 0 Å². The maximum Gasteiger partial charge on any atom is 0.146 e. The largest absolute Gasteiger partial charge is 0.366 e. The van der Waals surface area contributed by atoms with E-state index in [9.17, 15) is 4.39 Å². The van der Waals surface area contributed by atoms with E-state index in [4.69, 9.17) is 0 Å². The number of nitrogens with zero attached hydrogens (tertiary/aromatic N) is 1. The summed E-state index contributed by atoms with van der Waals surface area (Å²) < 4.78 is 14.5. The lowest BCUT2D eigenvalue weighted by atomic mass is 9.92. The molecule has 1 aromatic carbocycles. The van der Waals surface area contributed by atoms with Crippen LogP contribution in [0.2, 0.25) is 0 Å². The molecule has 2 nitrogen and oxygen atoms in total. The van der Waals surface area contributed by atoms with Gasteiger partial charge < -0.3 is 10.2 Å². The molecule has 0 aliphatic carbocycles. The minimum Gasteiger partial charge on any atom is -0.366 e. The van der Waals surface area contributed by atoms with Crippen LogP contribution >= 0.6 is 0 Å². The Labute approximate surface area is 128 Å². The molecule has 1 heterocycles. The Bertz CT molecular complexity index is 479. The first kappa shape index (κ1) is 16.3. The SMILES string of the molecule is CC1CCN(c2c(F)cccc2CNC(C)(C)C)C(C)C1. The third-order valence-electron chi connectivity index (χ3n) is 4.31. The number of hydrogen-bond acceptors (Lipinski definition) is 2. The monoisotopic (exact) mass is 292 g/mol. The van der Waals surface area contributed by atoms with Gasteiger partial charge in [-0.1, -0.05) is 19.1 Å². The number of piperidine rings is 1. The number of anilines is 1. The van der Waals surface area contributed by atoms with Crippen molar-refractivity contribution in [1.82, 2.24) is 5.32 Å². The van der Waals surface area contributed by atoms with Crippen LogP contribution in [0.5, 0.6) is 0 Å². The second kappa shape index (κ2) is 6.35. The van der Waals surface area contributed by atoms with Gasteiger partial charge in [-0.3, -0.25) is 0 Å². The number of rotatable bonds is 3. The van der Waals surface area contributed by atoms with Crippen molar-refractivity contribution in [2.45, 2.75) is 65.6 Å². The highest BCUT2D eigenvalue weighted by Gasteiger charge is 2.27. The van der Waals surface area contributed by atoms with Gasteiger partial charge >= 0.3 is 0 Å². The normalized spacial score (nSPS) is 23.4. The molecule has 0 spiro atoms. The summed E-state index contributed by atoms with van der Waals surface area (Å²) in [5, 5.41) is 3.48. The Balaban J connectivity index is 2.25. The van der Waals surface area contributed by atoms with Crippen molar-refractivity contribution in [2.24, 2.45) is 5.92 Å². The molecule has 0 amide bonds. The van der Waals surface area contributed by atoms with Gasteiger partial charge in [0, 0.05) is 24.7 Å². The zero-order chi connectivity index (χ0) is 15.6. The van der Waals surface area contributed by atoms with Crippen LogP contribution in [-0.2, 0) is 6.54 Å². The summed E-state index contributed by atoms with van der Waals surface area (Å²) in [5.74, 6) is 0.642. The molecule has 0 saturated carbocycles. The Morgan fingerprint density at radius 3 is 2.62 bits per heavy atom. The van der Waals surface area contributed by atoms with Crippen LogP contribution in [0.3, 0.4) is 0 Å². The molecular weight excluding hydrogens is 263 g/mol. The van der Waals surface area contributed by atoms with Crippen molar-refractivity contribution in [1.29, 1.82) is 0 Å². The fourth-order valence-electron chi connectivity index (χ4n) is 3.12. The molecule has 1 aromatic rings. The lowest BCUT2D eigenvalue weighted by molar-refractivity contribution is 0.372. The molecule has 1 fully saturated rings. The highest BCUT2D eigenvalue weighted by molar-refractivity contribution is 5.56. The average Bonchev–Trinajstić information content (AvgIpc) is 2.37. The zero-order valence-electron chi connectivity index (χ0n) is 14.0. The lowest BCUT2D eigenvalue weighted by Crippen LogP contribution is -2.42. The van der Waals surface area contributed by atoms with Gasteiger partial charge in [-0.05, 0) is 58.1 Å². The maximum absolute atomic E-state index is 14.5. The molecule has 0 radical (unpaired) electrons. The zero-order valence-corrected chi connectivity index (χ0v) is 14.0. The minimum absolute atomic E-state index is 0.0333. The van der Waals surface area contributed by atoms with Crippen LogP contribution in [0.4, 0.5) is 10.1 Å². The van der Waals surface area contributed by atoms with Gasteiger partial charge in [-0.15, -0.1) is 0 Å². The molecule has 2 rings (SSSR count). The second-order valence-electron chi connectivity index (χ2n) is 7.52. The summed E-state index contributed by atoms with van der Waals surface area (Å²) in [6.07, 6.45) is 2.28. The Kier molecular flexibility index (Phi) is 4.92. The van der Waals surface area contributed by atoms with Crippen LogP contribution in [-0.4, -0.2) is 18.1 Å². The van der Waals surface area contributed by atoms with Gasteiger partial charge in [0.05, 0.1) is 5.69 Å². The van der Waals surface area contributed by atoms with Crippen molar-refractivity contribution >= 4 is 5.69 Å². The van der Waals surface area contributed by atoms with Gasteiger partial charge in [-0.25, -0.2) is 4.39 Å². The van der Waals surface area contributed by atoms with E-state index in [0.29, 0.717) is 12.6 Å². The average molecular weight is 292 g/mol. The summed E-state index contributed by atoms with van der Waals surface area (Å²) in [5.41, 5.74) is 1.89. The molecule has 1 N–H and O–H groups in total. The van der Waals surface area contributed by atoms with Gasteiger partial charge in [0.25, 0.3) is 0 Å². The van der Waals surface area contributed by atoms with Crippen molar-refractivity contribution in [3.63, 3.8) is 0 Å². The standard InChI is InChI=1S/C18H29FN2/c1-13-9-10-21(14(2)11-13)17-15(7-6-8-16(17)19)12-20-18(3,4)5/h6-8,13-14,20H,9-12H2,1-5H3. The predicted octanol–water partition coefficient (Wildman–Crippen LogP) is 4.34. The molecule has 0 bridgehead atoms. The number of nitrogens with one attached hydrogen (secondary N) is 1. The first-order valence-corrected chi connectivity index (χ1v) is 8.07. The highest BCUT2D eigenvalue weighted by Crippen LogP contribution is 2.32. The quantitative estimate of drug-likeness (QED) is 0.891. The van der Waals surface area contributed by atoms with E-state index < -0.39 is 0 Å². The highest BCUT2D eigenvalue weighted by atomic mass is 19.1. The van der Waals surface area contributed by atoms with Crippen molar-refractivity contribution in [3.05, 3.63) is 29.6 Å². The Morgan fingerprint density at radius 2 is 2.00 bits per heavy atom. The summed E-state index contributed by atoms with van der Waals surface area (Å²) in [6.45, 7) is 12.6. The van der Waals surface area contributed by atoms with Gasteiger partial charge in [-0.2, -0.15) is 0 Å². The topological polar surface area (TPSA) is 15.3 Å². The molecule has 21 heavy (non-hydrogen) atoms. The van der Waals surface area contributed by atoms with E-state index in [1.165, 1.54) is 0 Å². The number of benzene rings is 1. The fourth-order valence-corrected chi connectivity index (χ4v) is 3.12. The number of para-hydroxylation sites is 1. The van der Waals surface area contributed by atoms with Crippen molar-refractivity contribution in [2.75, 3.05) is 11.4 Å². The first-order chi connectivity index (χ1) is 9.78. The summed E-state index contributed by atoms with van der Waals surface area (Å²) in [6, 6.07) is 5.84. The molecule has 118 valence electrons. The number of halogens is 1. The minimum atomic E-state index is -0.0930. The maximum atomic E-state index is 14.5. The third kappa shape index (κ3) is 4.19. The predicted molar refractivity (Wildman–Crippen MR) is 88.2 cm³/mol. The molecule has 2 unspecified atom stereocenters. The summed E-state index contributed by atoms with van der Waals surface area (Å²) in [7, 11) is 0. The van der Waals surface area contributed by atoms with E-state index in [-0.39, 0.29) is 11.4 Å². The smallest absolute Gasteiger partial charge is 0.146 e. The molecule has 1 saturated heterocycles. The molecule has 2 atom stereocenters. The Hall–Kier alpha value is -1.09. The fraction of sp³-hybridized carbons (Fsp3) is 0.667. The van der Waals surface area contributed by atoms with E-state index in [2.05, 4.69) is 44.8 Å². The van der Waals surface area contributed by atoms with E-state index >= 15 is 0 Å². The van der Waals surface area contributed by atoms with Crippen molar-refractivity contribution < 1.29 is 4.39 Å². The van der Waals surface area contributed by atoms with Gasteiger partial charge in [0.15, 0.2) is 0 Å². The van der Waals surface area contributed by atoms with Gasteiger partial charge in [0.2, 0.25) is 0 Å². The molecule has 1 aliphatic rings. The van der Waals surface area contributed by atoms with Crippen LogP contribution < -0.4 is 10.2 Å². The van der Waals surface area contributed by atoms with Crippen LogP contribution in [0.1, 0.15) is 53.0 Å². The van der Waals surface area contributed by atoms with E-state index in [0.717, 1.165) is 36.6 Å². The van der Waals surface area contributed by atoms with Gasteiger partial charge in [0.1, 0.15) is 5.82 Å². The summed E-state index contributed by atoms with van der Waals surface area (Å²) in [4.78, 5) is 2.26. The molecule has 3 heteroatoms. The third-order valence-corrected chi connectivity index (χ3v) is 4.31. The Morgan fingerprint density at radius 1 is 1.29 bits per heavy atom. The van der Waals surface area contributed by atoms with E-state index in [1.807, 2.05) is 12.1 Å². The molecular formula is C18H29FN2. The second-order valence-corrected chi connectivity index (χ2v) is 7.52. The first-order valence-electron chi connectivity index (χ1n) is 8.07.